The molecule has 0 atom stereocenters. The molecule has 30 heavy (non-hydrogen) atoms. The number of hydrogen-bond acceptors (Lipinski definition) is 3. The zero-order chi connectivity index (χ0) is 20.9. The molecule has 0 fully saturated rings. The van der Waals surface area contributed by atoms with Crippen molar-refractivity contribution in [1.29, 1.82) is 0 Å². The molecule has 0 bridgehead atoms. The molecule has 0 aliphatic heterocycles. The van der Waals surface area contributed by atoms with Gasteiger partial charge in [0.1, 0.15) is 22.6 Å². The molecular formula is C22H14F3N3O2. The quantitative estimate of drug-likeness (QED) is 0.432. The number of alkyl halides is 3. The summed E-state index contributed by atoms with van der Waals surface area (Å²) in [7, 11) is 0. The van der Waals surface area contributed by atoms with Crippen LogP contribution in [0.3, 0.4) is 0 Å². The van der Waals surface area contributed by atoms with Gasteiger partial charge in [0.25, 0.3) is 5.56 Å². The van der Waals surface area contributed by atoms with Crippen LogP contribution in [0.4, 0.5) is 13.2 Å². The van der Waals surface area contributed by atoms with Gasteiger partial charge in [-0.2, -0.15) is 0 Å². The Kier molecular flexibility index (Phi) is 4.02. The molecule has 3 aromatic heterocycles. The number of ether oxygens (including phenoxy) is 1. The Labute approximate surface area is 167 Å². The number of imidazole rings is 1. The minimum atomic E-state index is -4.75. The van der Waals surface area contributed by atoms with E-state index in [1.54, 1.807) is 16.7 Å². The van der Waals surface area contributed by atoms with E-state index in [4.69, 9.17) is 4.98 Å². The maximum Gasteiger partial charge on any atom is 0.573 e. The third-order valence-electron chi connectivity index (χ3n) is 4.92. The smallest absolute Gasteiger partial charge is 0.406 e. The van der Waals surface area contributed by atoms with E-state index in [2.05, 4.69) is 4.74 Å². The van der Waals surface area contributed by atoms with Crippen molar-refractivity contribution in [1.82, 2.24) is 14.0 Å². The third-order valence-corrected chi connectivity index (χ3v) is 4.92. The molecule has 2 aromatic carbocycles. The molecule has 0 aliphatic carbocycles. The molecular weight excluding hydrogens is 395 g/mol. The summed E-state index contributed by atoms with van der Waals surface area (Å²) in [5, 5.41) is 1.29. The molecule has 0 radical (unpaired) electrons. The molecule has 5 aromatic rings. The van der Waals surface area contributed by atoms with Gasteiger partial charge in [0.2, 0.25) is 0 Å². The summed E-state index contributed by atoms with van der Waals surface area (Å²) in [5.41, 5.74) is 2.48. The Bertz CT molecular complexity index is 1450. The number of hydrogen-bond donors (Lipinski definition) is 0. The zero-order valence-electron chi connectivity index (χ0n) is 15.4. The first kappa shape index (κ1) is 18.2. The highest BCUT2D eigenvalue weighted by Gasteiger charge is 2.31. The first-order chi connectivity index (χ1) is 14.4. The summed E-state index contributed by atoms with van der Waals surface area (Å²) >= 11 is 0. The lowest BCUT2D eigenvalue weighted by atomic mass is 10.1. The van der Waals surface area contributed by atoms with Gasteiger partial charge in [-0.15, -0.1) is 13.2 Å². The van der Waals surface area contributed by atoms with E-state index >= 15 is 0 Å². The van der Waals surface area contributed by atoms with Crippen LogP contribution >= 0.6 is 0 Å². The molecule has 0 saturated carbocycles. The highest BCUT2D eigenvalue weighted by Crippen LogP contribution is 2.26. The Balaban J connectivity index is 1.70. The van der Waals surface area contributed by atoms with Crippen LogP contribution < -0.4 is 10.3 Å². The zero-order valence-corrected chi connectivity index (χ0v) is 15.4. The highest BCUT2D eigenvalue weighted by atomic mass is 19.4. The van der Waals surface area contributed by atoms with Crippen molar-refractivity contribution in [2.45, 2.75) is 12.9 Å². The second-order valence-corrected chi connectivity index (χ2v) is 6.84. The molecule has 0 unspecified atom stereocenters. The largest absolute Gasteiger partial charge is 0.573 e. The topological polar surface area (TPSA) is 48.5 Å². The van der Waals surface area contributed by atoms with E-state index in [0.29, 0.717) is 27.8 Å². The third kappa shape index (κ3) is 3.06. The van der Waals surface area contributed by atoms with Gasteiger partial charge in [0.05, 0.1) is 6.54 Å². The number of rotatable bonds is 3. The molecule has 5 nitrogen and oxygen atoms in total. The molecule has 150 valence electrons. The van der Waals surface area contributed by atoms with E-state index in [9.17, 15) is 18.0 Å². The van der Waals surface area contributed by atoms with Crippen molar-refractivity contribution in [2.24, 2.45) is 0 Å². The van der Waals surface area contributed by atoms with Crippen LogP contribution in [0.2, 0.25) is 0 Å². The van der Waals surface area contributed by atoms with Crippen molar-refractivity contribution < 1.29 is 17.9 Å². The number of pyridine rings is 2. The van der Waals surface area contributed by atoms with Crippen LogP contribution in [-0.4, -0.2) is 20.3 Å². The van der Waals surface area contributed by atoms with E-state index in [0.717, 1.165) is 5.39 Å². The van der Waals surface area contributed by atoms with Gasteiger partial charge in [-0.1, -0.05) is 36.4 Å². The fourth-order valence-corrected chi connectivity index (χ4v) is 3.66. The Morgan fingerprint density at radius 3 is 2.33 bits per heavy atom. The summed E-state index contributed by atoms with van der Waals surface area (Å²) in [5.74, 6) is -0.308. The van der Waals surface area contributed by atoms with Gasteiger partial charge < -0.3 is 4.74 Å². The summed E-state index contributed by atoms with van der Waals surface area (Å²) in [6.07, 6.45) is -2.92. The fraction of sp³-hybridized carbons (Fsp3) is 0.0909. The van der Waals surface area contributed by atoms with Crippen molar-refractivity contribution in [3.8, 4) is 5.75 Å². The van der Waals surface area contributed by atoms with E-state index in [1.165, 1.54) is 24.3 Å². The maximum atomic E-state index is 13.3. The average molecular weight is 409 g/mol. The molecule has 0 saturated heterocycles. The van der Waals surface area contributed by atoms with Gasteiger partial charge in [-0.05, 0) is 35.9 Å². The lowest BCUT2D eigenvalue weighted by molar-refractivity contribution is -0.274. The normalized spacial score (nSPS) is 12.1. The first-order valence-electron chi connectivity index (χ1n) is 9.14. The average Bonchev–Trinajstić information content (AvgIpc) is 3.11. The van der Waals surface area contributed by atoms with Crippen LogP contribution in [0.5, 0.6) is 5.75 Å². The molecule has 0 amide bonds. The number of benzene rings is 2. The maximum absolute atomic E-state index is 13.3. The predicted octanol–water partition coefficient (Wildman–Crippen LogP) is 4.75. The molecule has 8 heteroatoms. The van der Waals surface area contributed by atoms with E-state index in [-0.39, 0.29) is 17.9 Å². The summed E-state index contributed by atoms with van der Waals surface area (Å²) in [4.78, 5) is 18.0. The van der Waals surface area contributed by atoms with Crippen LogP contribution in [0.15, 0.2) is 77.7 Å². The number of fused-ring (bicyclic) bond motifs is 5. The lowest BCUT2D eigenvalue weighted by Crippen LogP contribution is -2.22. The molecule has 0 N–H and O–H groups in total. The number of nitrogens with zero attached hydrogens (tertiary/aromatic N) is 3. The second kappa shape index (κ2) is 6.62. The minimum absolute atomic E-state index is 0.176. The summed E-state index contributed by atoms with van der Waals surface area (Å²) in [6.45, 7) is 0.176. The number of aromatic nitrogens is 3. The highest BCUT2D eigenvalue weighted by molar-refractivity contribution is 6.03. The molecule has 3 heterocycles. The van der Waals surface area contributed by atoms with Crippen LogP contribution in [0, 0.1) is 0 Å². The van der Waals surface area contributed by atoms with Gasteiger partial charge in [0, 0.05) is 17.0 Å². The predicted molar refractivity (Wildman–Crippen MR) is 107 cm³/mol. The van der Waals surface area contributed by atoms with Gasteiger partial charge in [0.15, 0.2) is 0 Å². The standard InChI is InChI=1S/C22H14F3N3O2/c23-22(24,25)30-15-10-8-14(9-11-15)13-28-20-19(26-18-7-3-4-12-27(18)20)16-5-1-2-6-17(16)21(28)29/h1-12H,13H2. The molecule has 0 spiro atoms. The van der Waals surface area contributed by atoms with Crippen molar-refractivity contribution >= 4 is 27.6 Å². The SMILES string of the molecule is O=c1c2ccccc2c2nc3ccccn3c2n1Cc1ccc(OC(F)(F)F)cc1. The first-order valence-corrected chi connectivity index (χ1v) is 9.14. The van der Waals surface area contributed by atoms with Crippen molar-refractivity contribution in [3.63, 3.8) is 0 Å². The van der Waals surface area contributed by atoms with E-state index in [1.807, 2.05) is 40.9 Å². The summed E-state index contributed by atoms with van der Waals surface area (Å²) < 4.78 is 44.6. The van der Waals surface area contributed by atoms with Gasteiger partial charge in [-0.25, -0.2) is 4.98 Å². The second-order valence-electron chi connectivity index (χ2n) is 6.84. The van der Waals surface area contributed by atoms with Crippen molar-refractivity contribution in [3.05, 3.63) is 88.8 Å². The monoisotopic (exact) mass is 409 g/mol. The Morgan fingerprint density at radius 1 is 0.900 bits per heavy atom. The van der Waals surface area contributed by atoms with Crippen LogP contribution in [-0.2, 0) is 6.54 Å². The van der Waals surface area contributed by atoms with Gasteiger partial charge >= 0.3 is 6.36 Å². The van der Waals surface area contributed by atoms with E-state index < -0.39 is 6.36 Å². The Morgan fingerprint density at radius 2 is 1.60 bits per heavy atom. The van der Waals surface area contributed by atoms with Crippen LogP contribution in [0.25, 0.3) is 27.6 Å². The summed E-state index contributed by atoms with van der Waals surface area (Å²) in [6, 6.07) is 18.3. The van der Waals surface area contributed by atoms with Gasteiger partial charge in [-0.3, -0.25) is 13.8 Å². The lowest BCUT2D eigenvalue weighted by Gasteiger charge is -2.12. The number of halogens is 3. The minimum Gasteiger partial charge on any atom is -0.406 e. The molecule has 0 aliphatic rings. The van der Waals surface area contributed by atoms with Crippen molar-refractivity contribution in [2.75, 3.05) is 0 Å². The molecule has 5 rings (SSSR count). The Hall–Kier alpha value is -3.81. The van der Waals surface area contributed by atoms with Crippen LogP contribution in [0.1, 0.15) is 5.56 Å². The fourth-order valence-electron chi connectivity index (χ4n) is 3.66.